The second kappa shape index (κ2) is 5.75. The molecule has 2 aliphatic heterocycles. The number of hydrogen-bond acceptors (Lipinski definition) is 2. The molecule has 2 aliphatic rings. The van der Waals surface area contributed by atoms with Crippen molar-refractivity contribution in [3.63, 3.8) is 0 Å². The van der Waals surface area contributed by atoms with Crippen molar-refractivity contribution < 1.29 is 4.74 Å². The van der Waals surface area contributed by atoms with Gasteiger partial charge in [-0.1, -0.05) is 32.0 Å². The number of anilines is 1. The Kier molecular flexibility index (Phi) is 4.28. The van der Waals surface area contributed by atoms with Crippen LogP contribution in [-0.4, -0.2) is 26.8 Å². The van der Waals surface area contributed by atoms with E-state index in [0.29, 0.717) is 5.41 Å². The Hall–Kier alpha value is -1.02. The second-order valence-corrected chi connectivity index (χ2v) is 5.08. The Labute approximate surface area is 111 Å². The lowest BCUT2D eigenvalue weighted by atomic mass is 9.69. The Morgan fingerprint density at radius 2 is 1.72 bits per heavy atom. The van der Waals surface area contributed by atoms with Gasteiger partial charge in [-0.3, -0.25) is 0 Å². The van der Waals surface area contributed by atoms with E-state index in [1.807, 2.05) is 13.8 Å². The van der Waals surface area contributed by atoms with Crippen molar-refractivity contribution in [1.82, 2.24) is 0 Å². The van der Waals surface area contributed by atoms with E-state index in [4.69, 9.17) is 4.74 Å². The molecule has 0 atom stereocenters. The average molecular weight is 247 g/mol. The first-order valence-corrected chi connectivity index (χ1v) is 7.20. The molecule has 0 amide bonds. The maximum Gasteiger partial charge on any atom is 0.0474 e. The van der Waals surface area contributed by atoms with Gasteiger partial charge in [0.1, 0.15) is 0 Å². The van der Waals surface area contributed by atoms with Crippen LogP contribution in [0.2, 0.25) is 0 Å². The highest BCUT2D eigenvalue weighted by Crippen LogP contribution is 2.45. The maximum atomic E-state index is 5.53. The average Bonchev–Trinajstić information content (AvgIpc) is 2.47. The number of para-hydroxylation sites is 1. The smallest absolute Gasteiger partial charge is 0.0474 e. The van der Waals surface area contributed by atoms with Crippen LogP contribution in [0.5, 0.6) is 0 Å². The highest BCUT2D eigenvalue weighted by molar-refractivity contribution is 5.58. The molecule has 1 aromatic rings. The second-order valence-electron chi connectivity index (χ2n) is 5.08. The summed E-state index contributed by atoms with van der Waals surface area (Å²) < 4.78 is 5.53. The van der Waals surface area contributed by atoms with E-state index in [2.05, 4.69) is 36.2 Å². The molecule has 100 valence electrons. The third-order valence-electron chi connectivity index (χ3n) is 4.26. The van der Waals surface area contributed by atoms with Crippen LogP contribution in [0.25, 0.3) is 0 Å². The fourth-order valence-corrected chi connectivity index (χ4v) is 3.17. The zero-order chi connectivity index (χ0) is 13.0. The third-order valence-corrected chi connectivity index (χ3v) is 4.26. The van der Waals surface area contributed by atoms with Crippen LogP contribution < -0.4 is 4.90 Å². The van der Waals surface area contributed by atoms with Crippen molar-refractivity contribution in [2.45, 2.75) is 38.5 Å². The van der Waals surface area contributed by atoms with Gasteiger partial charge in [0.2, 0.25) is 0 Å². The first kappa shape index (κ1) is 13.4. The van der Waals surface area contributed by atoms with E-state index in [1.54, 1.807) is 5.56 Å². The predicted octanol–water partition coefficient (Wildman–Crippen LogP) is 3.60. The monoisotopic (exact) mass is 247 g/mol. The molecule has 0 aliphatic carbocycles. The first-order valence-electron chi connectivity index (χ1n) is 7.20. The molecule has 0 bridgehead atoms. The van der Waals surface area contributed by atoms with Crippen LogP contribution in [0, 0.1) is 0 Å². The van der Waals surface area contributed by atoms with Crippen molar-refractivity contribution in [2.75, 3.05) is 31.7 Å². The fraction of sp³-hybridized carbons (Fsp3) is 0.625. The van der Waals surface area contributed by atoms with Crippen LogP contribution in [0.3, 0.4) is 0 Å². The first-order chi connectivity index (χ1) is 8.82. The van der Waals surface area contributed by atoms with Crippen molar-refractivity contribution >= 4 is 5.69 Å². The lowest BCUT2D eigenvalue weighted by molar-refractivity contribution is 0.0462. The highest BCUT2D eigenvalue weighted by atomic mass is 16.5. The normalized spacial score (nSPS) is 20.9. The SMILES string of the molecule is CC.CN1CCC2(CCOCC2)c2ccccc21. The Morgan fingerprint density at radius 3 is 2.44 bits per heavy atom. The predicted molar refractivity (Wildman–Crippen MR) is 77.4 cm³/mol. The van der Waals surface area contributed by atoms with E-state index in [0.717, 1.165) is 13.2 Å². The summed E-state index contributed by atoms with van der Waals surface area (Å²) >= 11 is 0. The van der Waals surface area contributed by atoms with Gasteiger partial charge in [0.15, 0.2) is 0 Å². The van der Waals surface area contributed by atoms with Gasteiger partial charge in [-0.25, -0.2) is 0 Å². The van der Waals surface area contributed by atoms with E-state index in [-0.39, 0.29) is 0 Å². The number of nitrogens with zero attached hydrogens (tertiary/aromatic N) is 1. The molecule has 3 rings (SSSR count). The lowest BCUT2D eigenvalue weighted by Gasteiger charge is -2.45. The van der Waals surface area contributed by atoms with Crippen molar-refractivity contribution in [1.29, 1.82) is 0 Å². The molecule has 1 saturated heterocycles. The van der Waals surface area contributed by atoms with Gasteiger partial charge >= 0.3 is 0 Å². The summed E-state index contributed by atoms with van der Waals surface area (Å²) in [5.74, 6) is 0. The molecule has 1 spiro atoms. The van der Waals surface area contributed by atoms with Crippen LogP contribution in [0.15, 0.2) is 24.3 Å². The molecule has 1 fully saturated rings. The van der Waals surface area contributed by atoms with Crippen LogP contribution >= 0.6 is 0 Å². The topological polar surface area (TPSA) is 12.5 Å². The van der Waals surface area contributed by atoms with E-state index >= 15 is 0 Å². The van der Waals surface area contributed by atoms with E-state index < -0.39 is 0 Å². The Balaban J connectivity index is 0.000000574. The minimum Gasteiger partial charge on any atom is -0.381 e. The summed E-state index contributed by atoms with van der Waals surface area (Å²) in [6, 6.07) is 8.89. The standard InChI is InChI=1S/C14H19NO.C2H6/c1-15-9-6-14(7-10-16-11-8-14)12-4-2-3-5-13(12)15;1-2/h2-5H,6-11H2,1H3;1-2H3. The Morgan fingerprint density at radius 1 is 1.06 bits per heavy atom. The summed E-state index contributed by atoms with van der Waals surface area (Å²) in [4.78, 5) is 2.38. The third kappa shape index (κ3) is 2.26. The van der Waals surface area contributed by atoms with Crippen molar-refractivity contribution in [3.05, 3.63) is 29.8 Å². The molecule has 2 heterocycles. The number of fused-ring (bicyclic) bond motifs is 2. The van der Waals surface area contributed by atoms with Gasteiger partial charge in [-0.2, -0.15) is 0 Å². The quantitative estimate of drug-likeness (QED) is 0.694. The van der Waals surface area contributed by atoms with Crippen molar-refractivity contribution in [2.24, 2.45) is 0 Å². The highest BCUT2D eigenvalue weighted by Gasteiger charge is 2.39. The van der Waals surface area contributed by atoms with Gasteiger partial charge in [-0.05, 0) is 30.9 Å². The zero-order valence-corrected chi connectivity index (χ0v) is 11.9. The molecular formula is C16H25NO. The number of ether oxygens (including phenoxy) is 1. The molecule has 2 nitrogen and oxygen atoms in total. The van der Waals surface area contributed by atoms with Gasteiger partial charge in [0.05, 0.1) is 0 Å². The molecular weight excluding hydrogens is 222 g/mol. The zero-order valence-electron chi connectivity index (χ0n) is 11.9. The molecule has 0 N–H and O–H groups in total. The van der Waals surface area contributed by atoms with E-state index in [1.165, 1.54) is 31.5 Å². The summed E-state index contributed by atoms with van der Waals surface area (Å²) in [6.07, 6.45) is 3.67. The fourth-order valence-electron chi connectivity index (χ4n) is 3.17. The number of benzene rings is 1. The summed E-state index contributed by atoms with van der Waals surface area (Å²) in [5.41, 5.74) is 3.38. The number of rotatable bonds is 0. The molecule has 1 aromatic carbocycles. The molecule has 0 radical (unpaired) electrons. The molecule has 18 heavy (non-hydrogen) atoms. The molecule has 2 heteroatoms. The van der Waals surface area contributed by atoms with Crippen LogP contribution in [0.1, 0.15) is 38.7 Å². The largest absolute Gasteiger partial charge is 0.381 e. The maximum absolute atomic E-state index is 5.53. The minimum absolute atomic E-state index is 0.404. The summed E-state index contributed by atoms with van der Waals surface area (Å²) in [5, 5.41) is 0. The van der Waals surface area contributed by atoms with E-state index in [9.17, 15) is 0 Å². The lowest BCUT2D eigenvalue weighted by Crippen LogP contribution is -2.42. The summed E-state index contributed by atoms with van der Waals surface area (Å²) in [7, 11) is 2.20. The Bertz CT molecular complexity index is 382. The summed E-state index contributed by atoms with van der Waals surface area (Å²) in [6.45, 7) is 7.03. The van der Waals surface area contributed by atoms with Gasteiger partial charge < -0.3 is 9.64 Å². The van der Waals surface area contributed by atoms with Gasteiger partial charge in [0, 0.05) is 37.9 Å². The molecule has 0 aromatic heterocycles. The van der Waals surface area contributed by atoms with Gasteiger partial charge in [0.25, 0.3) is 0 Å². The van der Waals surface area contributed by atoms with Crippen molar-refractivity contribution in [3.8, 4) is 0 Å². The van der Waals surface area contributed by atoms with Crippen LogP contribution in [-0.2, 0) is 10.2 Å². The molecule has 0 unspecified atom stereocenters. The minimum atomic E-state index is 0.404. The van der Waals surface area contributed by atoms with Gasteiger partial charge in [-0.15, -0.1) is 0 Å². The number of hydrogen-bond donors (Lipinski definition) is 0. The van der Waals surface area contributed by atoms with Crippen LogP contribution in [0.4, 0.5) is 5.69 Å². The molecule has 0 saturated carbocycles.